The van der Waals surface area contributed by atoms with Crippen LogP contribution in [0.15, 0.2) is 24.3 Å². The number of rotatable bonds is 6. The smallest absolute Gasteiger partial charge is 0.239 e. The van der Waals surface area contributed by atoms with Crippen LogP contribution in [0.25, 0.3) is 0 Å². The normalized spacial score (nSPS) is 11.7. The maximum atomic E-state index is 11.5. The zero-order valence-electron chi connectivity index (χ0n) is 9.79. The van der Waals surface area contributed by atoms with Crippen molar-refractivity contribution in [3.05, 3.63) is 24.3 Å². The highest BCUT2D eigenvalue weighted by Gasteiger charge is 2.17. The predicted molar refractivity (Wildman–Crippen MR) is 64.9 cm³/mol. The summed E-state index contributed by atoms with van der Waals surface area (Å²) in [7, 11) is -0.819. The number of ether oxygens (including phenoxy) is 1. The van der Waals surface area contributed by atoms with Crippen LogP contribution in [0.4, 0.5) is 5.69 Å². The van der Waals surface area contributed by atoms with E-state index in [2.05, 4.69) is 4.84 Å². The third kappa shape index (κ3) is 4.22. The molecule has 0 saturated heterocycles. The van der Waals surface area contributed by atoms with E-state index in [0.717, 1.165) is 4.47 Å². The Morgan fingerprint density at radius 3 is 2.71 bits per heavy atom. The van der Waals surface area contributed by atoms with Crippen LogP contribution in [-0.4, -0.2) is 39.4 Å². The molecule has 0 aliphatic carbocycles. The van der Waals surface area contributed by atoms with Crippen LogP contribution in [0.5, 0.6) is 5.75 Å². The third-order valence-electron chi connectivity index (χ3n) is 2.12. The first-order chi connectivity index (χ1) is 7.95. The molecule has 7 heteroatoms. The molecule has 1 aromatic rings. The quantitative estimate of drug-likeness (QED) is 0.594. The average Bonchev–Trinajstić information content (AvgIpc) is 2.27. The standard InChI is InChI=1S/C10H16N2O4S/c1-12(15-2)17(13,14)7-6-16-10-5-3-4-9(11)8-10/h3-5,8H,6-7,11H2,1-2H3. The van der Waals surface area contributed by atoms with Gasteiger partial charge in [-0.05, 0) is 12.1 Å². The number of sulfonamides is 1. The van der Waals surface area contributed by atoms with Gasteiger partial charge in [-0.15, -0.1) is 0 Å². The monoisotopic (exact) mass is 260 g/mol. The minimum Gasteiger partial charge on any atom is -0.492 e. The Morgan fingerprint density at radius 2 is 2.12 bits per heavy atom. The number of nitrogens with two attached hydrogens (primary N) is 1. The van der Waals surface area contributed by atoms with E-state index in [1.807, 2.05) is 0 Å². The summed E-state index contributed by atoms with van der Waals surface area (Å²) in [6, 6.07) is 6.80. The fraction of sp³-hybridized carbons (Fsp3) is 0.400. The Kier molecular flexibility index (Phi) is 4.73. The van der Waals surface area contributed by atoms with Crippen molar-refractivity contribution in [3.63, 3.8) is 0 Å². The van der Waals surface area contributed by atoms with Gasteiger partial charge in [-0.25, -0.2) is 8.42 Å². The van der Waals surface area contributed by atoms with Gasteiger partial charge in [0.05, 0.1) is 7.11 Å². The number of hydrogen-bond acceptors (Lipinski definition) is 5. The molecule has 2 N–H and O–H groups in total. The fourth-order valence-electron chi connectivity index (χ4n) is 1.11. The zero-order valence-corrected chi connectivity index (χ0v) is 10.6. The molecule has 6 nitrogen and oxygen atoms in total. The molecule has 0 fully saturated rings. The first kappa shape index (κ1) is 13.8. The summed E-state index contributed by atoms with van der Waals surface area (Å²) < 4.78 is 29.1. The van der Waals surface area contributed by atoms with E-state index in [1.54, 1.807) is 24.3 Å². The van der Waals surface area contributed by atoms with Gasteiger partial charge in [0.1, 0.15) is 18.1 Å². The van der Waals surface area contributed by atoms with Crippen molar-refractivity contribution in [3.8, 4) is 5.75 Å². The molecule has 0 heterocycles. The van der Waals surface area contributed by atoms with Crippen molar-refractivity contribution in [1.29, 1.82) is 0 Å². The highest BCUT2D eigenvalue weighted by atomic mass is 32.2. The second-order valence-electron chi connectivity index (χ2n) is 3.33. The van der Waals surface area contributed by atoms with Crippen LogP contribution in [0, 0.1) is 0 Å². The Morgan fingerprint density at radius 1 is 1.41 bits per heavy atom. The van der Waals surface area contributed by atoms with Gasteiger partial charge in [-0.2, -0.15) is 0 Å². The minimum atomic E-state index is -3.44. The summed E-state index contributed by atoms with van der Waals surface area (Å²) in [4.78, 5) is 4.61. The Labute approximate surface area is 101 Å². The molecule has 1 aromatic carbocycles. The van der Waals surface area contributed by atoms with Gasteiger partial charge in [0.2, 0.25) is 10.0 Å². The second kappa shape index (κ2) is 5.85. The van der Waals surface area contributed by atoms with Gasteiger partial charge < -0.3 is 10.5 Å². The third-order valence-corrected chi connectivity index (χ3v) is 3.73. The fourth-order valence-corrected chi connectivity index (χ4v) is 1.89. The lowest BCUT2D eigenvalue weighted by atomic mass is 10.3. The van der Waals surface area contributed by atoms with E-state index < -0.39 is 10.0 Å². The molecule has 0 atom stereocenters. The Bertz CT molecular complexity index is 461. The molecule has 1 rings (SSSR count). The number of hydrogen-bond donors (Lipinski definition) is 1. The molecule has 0 amide bonds. The van der Waals surface area contributed by atoms with E-state index in [1.165, 1.54) is 14.2 Å². The van der Waals surface area contributed by atoms with Crippen molar-refractivity contribution >= 4 is 15.7 Å². The van der Waals surface area contributed by atoms with Gasteiger partial charge in [0.15, 0.2) is 0 Å². The molecular weight excluding hydrogens is 244 g/mol. The van der Waals surface area contributed by atoms with Gasteiger partial charge in [0, 0.05) is 18.8 Å². The Hall–Kier alpha value is -1.31. The summed E-state index contributed by atoms with van der Waals surface area (Å²) in [6.07, 6.45) is 0. The van der Waals surface area contributed by atoms with Crippen molar-refractivity contribution in [2.75, 3.05) is 32.3 Å². The number of benzene rings is 1. The second-order valence-corrected chi connectivity index (χ2v) is 5.42. The van der Waals surface area contributed by atoms with Crippen LogP contribution >= 0.6 is 0 Å². The summed E-state index contributed by atoms with van der Waals surface area (Å²) in [6.45, 7) is 0.0412. The van der Waals surface area contributed by atoms with Crippen LogP contribution in [-0.2, 0) is 14.9 Å². The number of anilines is 1. The first-order valence-electron chi connectivity index (χ1n) is 4.95. The highest BCUT2D eigenvalue weighted by Crippen LogP contribution is 2.14. The molecule has 0 aliphatic rings. The van der Waals surface area contributed by atoms with Crippen molar-refractivity contribution in [2.24, 2.45) is 0 Å². The van der Waals surface area contributed by atoms with Gasteiger partial charge in [-0.1, -0.05) is 10.5 Å². The summed E-state index contributed by atoms with van der Waals surface area (Å²) in [5.41, 5.74) is 6.13. The van der Waals surface area contributed by atoms with Gasteiger partial charge in [0.25, 0.3) is 0 Å². The lowest BCUT2D eigenvalue weighted by Crippen LogP contribution is -2.30. The van der Waals surface area contributed by atoms with Crippen LogP contribution in [0.3, 0.4) is 0 Å². The molecular formula is C10H16N2O4S. The topological polar surface area (TPSA) is 81.9 Å². The number of hydroxylamine groups is 1. The summed E-state index contributed by atoms with van der Waals surface area (Å²) in [5.74, 6) is 0.381. The molecule has 0 unspecified atom stereocenters. The lowest BCUT2D eigenvalue weighted by molar-refractivity contribution is -0.0260. The summed E-state index contributed by atoms with van der Waals surface area (Å²) in [5, 5.41) is 0. The van der Waals surface area contributed by atoms with E-state index in [9.17, 15) is 8.42 Å². The number of nitrogens with zero attached hydrogens (tertiary/aromatic N) is 1. The predicted octanol–water partition coefficient (Wildman–Crippen LogP) is 0.471. The van der Waals surface area contributed by atoms with Gasteiger partial charge in [-0.3, -0.25) is 4.84 Å². The average molecular weight is 260 g/mol. The largest absolute Gasteiger partial charge is 0.492 e. The Balaban J connectivity index is 2.48. The van der Waals surface area contributed by atoms with Crippen molar-refractivity contribution in [1.82, 2.24) is 4.47 Å². The van der Waals surface area contributed by atoms with Crippen LogP contribution in [0.2, 0.25) is 0 Å². The lowest BCUT2D eigenvalue weighted by Gasteiger charge is -2.14. The van der Waals surface area contributed by atoms with E-state index >= 15 is 0 Å². The van der Waals surface area contributed by atoms with Gasteiger partial charge >= 0.3 is 0 Å². The SMILES string of the molecule is CON(C)S(=O)(=O)CCOc1cccc(N)c1. The zero-order chi connectivity index (χ0) is 12.9. The molecule has 96 valence electrons. The minimum absolute atomic E-state index is 0.0412. The molecule has 0 spiro atoms. The maximum Gasteiger partial charge on any atom is 0.239 e. The number of nitrogen functional groups attached to an aromatic ring is 1. The molecule has 0 radical (unpaired) electrons. The van der Waals surface area contributed by atoms with E-state index in [0.29, 0.717) is 11.4 Å². The van der Waals surface area contributed by atoms with E-state index in [-0.39, 0.29) is 12.4 Å². The maximum absolute atomic E-state index is 11.5. The van der Waals surface area contributed by atoms with Crippen LogP contribution < -0.4 is 10.5 Å². The van der Waals surface area contributed by atoms with Crippen molar-refractivity contribution in [2.45, 2.75) is 0 Å². The highest BCUT2D eigenvalue weighted by molar-refractivity contribution is 7.88. The molecule has 0 saturated carbocycles. The molecule has 0 aliphatic heterocycles. The molecule has 0 aromatic heterocycles. The van der Waals surface area contributed by atoms with Crippen molar-refractivity contribution < 1.29 is 18.0 Å². The first-order valence-corrected chi connectivity index (χ1v) is 6.55. The van der Waals surface area contributed by atoms with Crippen LogP contribution in [0.1, 0.15) is 0 Å². The molecule has 0 bridgehead atoms. The summed E-state index contributed by atoms with van der Waals surface area (Å²) >= 11 is 0. The molecule has 17 heavy (non-hydrogen) atoms. The van der Waals surface area contributed by atoms with E-state index in [4.69, 9.17) is 10.5 Å².